The first-order chi connectivity index (χ1) is 15.4. The van der Waals surface area contributed by atoms with Gasteiger partial charge in [0.05, 0.1) is 31.7 Å². The van der Waals surface area contributed by atoms with Crippen molar-refractivity contribution in [1.29, 1.82) is 0 Å². The summed E-state index contributed by atoms with van der Waals surface area (Å²) in [7, 11) is 5.23. The van der Waals surface area contributed by atoms with E-state index in [0.717, 1.165) is 11.3 Å². The summed E-state index contributed by atoms with van der Waals surface area (Å²) in [5.41, 5.74) is 1.49. The zero-order chi connectivity index (χ0) is 22.5. The Kier molecular flexibility index (Phi) is 4.74. The third kappa shape index (κ3) is 3.06. The van der Waals surface area contributed by atoms with Gasteiger partial charge in [0.2, 0.25) is 5.95 Å². The number of amides is 1. The van der Waals surface area contributed by atoms with Gasteiger partial charge in [-0.3, -0.25) is 4.79 Å². The summed E-state index contributed by atoms with van der Waals surface area (Å²) < 4.78 is 16.7. The van der Waals surface area contributed by atoms with E-state index in [1.165, 1.54) is 0 Å². The number of aryl methyl sites for hydroxylation is 1. The first kappa shape index (κ1) is 20.3. The first-order valence-corrected chi connectivity index (χ1v) is 10.3. The second-order valence-corrected chi connectivity index (χ2v) is 7.94. The molecule has 1 aromatic carbocycles. The van der Waals surface area contributed by atoms with Crippen molar-refractivity contribution in [2.24, 2.45) is 0 Å². The Morgan fingerprint density at radius 1 is 1.22 bits per heavy atom. The quantitative estimate of drug-likeness (QED) is 0.661. The molecule has 0 saturated carbocycles. The summed E-state index contributed by atoms with van der Waals surface area (Å²) in [6, 6.07) is 5.63. The van der Waals surface area contributed by atoms with Crippen LogP contribution in [-0.2, 0) is 9.53 Å². The van der Waals surface area contributed by atoms with Gasteiger partial charge >= 0.3 is 0 Å². The molecule has 2 aliphatic heterocycles. The van der Waals surface area contributed by atoms with Gasteiger partial charge < -0.3 is 29.0 Å². The number of hydrogen-bond acceptors (Lipinski definition) is 9. The molecule has 166 valence electrons. The number of carbonyl (C=O) groups excluding carboxylic acids is 1. The third-order valence-corrected chi connectivity index (χ3v) is 6.12. The highest BCUT2D eigenvalue weighted by molar-refractivity contribution is 6.07. The average molecular weight is 436 g/mol. The molecule has 1 fully saturated rings. The number of benzene rings is 1. The number of likely N-dealkylation sites (N-methyl/N-ethyl adjacent to an activating group) is 2. The number of aromatic nitrogens is 3. The van der Waals surface area contributed by atoms with Gasteiger partial charge in [-0.15, -0.1) is 0 Å². The molecule has 10 heteroatoms. The number of nitrogens with one attached hydrogen (secondary N) is 1. The lowest BCUT2D eigenvalue weighted by atomic mass is 9.92. The van der Waals surface area contributed by atoms with E-state index in [2.05, 4.69) is 15.3 Å². The van der Waals surface area contributed by atoms with Gasteiger partial charge in [-0.05, 0) is 12.1 Å². The summed E-state index contributed by atoms with van der Waals surface area (Å²) >= 11 is 0. The maximum absolute atomic E-state index is 13.0. The Morgan fingerprint density at radius 3 is 2.75 bits per heavy atom. The smallest absolute Gasteiger partial charge is 0.255 e. The van der Waals surface area contributed by atoms with E-state index in [1.807, 2.05) is 30.1 Å². The molecule has 2 aromatic heterocycles. The first-order valence-electron chi connectivity index (χ1n) is 10.3. The number of hydrogen-bond donors (Lipinski definition) is 1. The lowest BCUT2D eigenvalue weighted by molar-refractivity contribution is -0.123. The van der Waals surface area contributed by atoms with Crippen molar-refractivity contribution in [2.45, 2.75) is 18.9 Å². The van der Waals surface area contributed by atoms with E-state index in [1.54, 1.807) is 38.4 Å². The summed E-state index contributed by atoms with van der Waals surface area (Å²) in [6.07, 6.45) is 3.95. The summed E-state index contributed by atoms with van der Waals surface area (Å²) in [4.78, 5) is 29.8. The van der Waals surface area contributed by atoms with Gasteiger partial charge in [0.25, 0.3) is 5.91 Å². The topological polar surface area (TPSA) is 106 Å². The number of carbonyl (C=O) groups is 1. The van der Waals surface area contributed by atoms with Gasteiger partial charge in [-0.25, -0.2) is 9.97 Å². The van der Waals surface area contributed by atoms with E-state index < -0.39 is 5.54 Å². The summed E-state index contributed by atoms with van der Waals surface area (Å²) in [6.45, 7) is 2.69. The highest BCUT2D eigenvalue weighted by Gasteiger charge is 2.52. The second kappa shape index (κ2) is 7.49. The number of ether oxygens (including phenoxy) is 2. The van der Waals surface area contributed by atoms with Crippen molar-refractivity contribution >= 4 is 29.0 Å². The Morgan fingerprint density at radius 2 is 2.06 bits per heavy atom. The lowest BCUT2D eigenvalue weighted by Crippen LogP contribution is -2.62. The van der Waals surface area contributed by atoms with Crippen LogP contribution in [0.15, 0.2) is 35.0 Å². The molecule has 1 saturated heterocycles. The highest BCUT2D eigenvalue weighted by Crippen LogP contribution is 2.41. The van der Waals surface area contributed by atoms with Crippen LogP contribution in [0.4, 0.5) is 23.1 Å². The van der Waals surface area contributed by atoms with Crippen LogP contribution in [-0.4, -0.2) is 60.8 Å². The van der Waals surface area contributed by atoms with Crippen molar-refractivity contribution in [3.8, 4) is 17.1 Å². The lowest BCUT2D eigenvalue weighted by Gasteiger charge is -2.44. The molecule has 0 bridgehead atoms. The fraction of sp³-hybridized carbons (Fsp3) is 0.364. The fourth-order valence-electron chi connectivity index (χ4n) is 4.25. The second-order valence-electron chi connectivity index (χ2n) is 7.94. The van der Waals surface area contributed by atoms with Gasteiger partial charge in [-0.2, -0.15) is 4.98 Å². The number of nitrogens with zero attached hydrogens (tertiary/aromatic N) is 5. The van der Waals surface area contributed by atoms with E-state index in [9.17, 15) is 4.79 Å². The van der Waals surface area contributed by atoms with Crippen LogP contribution in [0.2, 0.25) is 0 Å². The Bertz CT molecular complexity index is 1190. The number of anilines is 4. The molecule has 1 N–H and O–H groups in total. The van der Waals surface area contributed by atoms with Gasteiger partial charge in [0.15, 0.2) is 17.5 Å². The zero-order valence-electron chi connectivity index (χ0n) is 18.4. The van der Waals surface area contributed by atoms with Gasteiger partial charge in [0.1, 0.15) is 17.0 Å². The Labute approximate surface area is 185 Å². The number of fused-ring (bicyclic) bond motifs is 1. The van der Waals surface area contributed by atoms with Crippen molar-refractivity contribution < 1.29 is 18.7 Å². The molecule has 3 aromatic rings. The Balaban J connectivity index is 1.46. The molecular weight excluding hydrogens is 412 g/mol. The van der Waals surface area contributed by atoms with Crippen LogP contribution in [0.1, 0.15) is 12.3 Å². The SMILES string of the molecule is COc1cc(Nc2ncc3c(n2)N(C)C2(CCOC2)C(=O)N3C)ccc1-c1cnc(C)o1. The fourth-order valence-corrected chi connectivity index (χ4v) is 4.25. The molecule has 1 spiro atoms. The largest absolute Gasteiger partial charge is 0.496 e. The van der Waals surface area contributed by atoms with Crippen LogP contribution in [0.25, 0.3) is 11.3 Å². The third-order valence-electron chi connectivity index (χ3n) is 6.12. The van der Waals surface area contributed by atoms with E-state index in [-0.39, 0.29) is 5.91 Å². The van der Waals surface area contributed by atoms with Crippen molar-refractivity contribution in [3.63, 3.8) is 0 Å². The molecule has 32 heavy (non-hydrogen) atoms. The van der Waals surface area contributed by atoms with E-state index >= 15 is 0 Å². The monoisotopic (exact) mass is 436 g/mol. The highest BCUT2D eigenvalue weighted by atomic mass is 16.5. The molecule has 1 atom stereocenters. The average Bonchev–Trinajstić information content (AvgIpc) is 3.46. The van der Waals surface area contributed by atoms with Crippen molar-refractivity contribution in [3.05, 3.63) is 36.5 Å². The number of methoxy groups -OCH3 is 1. The van der Waals surface area contributed by atoms with Crippen LogP contribution in [0, 0.1) is 6.92 Å². The van der Waals surface area contributed by atoms with E-state index in [0.29, 0.717) is 54.5 Å². The molecule has 5 rings (SSSR count). The molecule has 10 nitrogen and oxygen atoms in total. The Hall–Kier alpha value is -3.66. The molecular formula is C22H24N6O4. The molecule has 0 radical (unpaired) electrons. The minimum atomic E-state index is -0.729. The van der Waals surface area contributed by atoms with Gasteiger partial charge in [-0.1, -0.05) is 0 Å². The molecule has 0 aliphatic carbocycles. The van der Waals surface area contributed by atoms with Crippen LogP contribution in [0.3, 0.4) is 0 Å². The zero-order valence-corrected chi connectivity index (χ0v) is 18.4. The van der Waals surface area contributed by atoms with Crippen molar-refractivity contribution in [2.75, 3.05) is 49.5 Å². The maximum Gasteiger partial charge on any atom is 0.255 e. The molecule has 4 heterocycles. The molecule has 1 amide bonds. The number of oxazole rings is 1. The van der Waals surface area contributed by atoms with Gasteiger partial charge in [0, 0.05) is 45.8 Å². The van der Waals surface area contributed by atoms with Crippen LogP contribution >= 0.6 is 0 Å². The number of rotatable bonds is 4. The van der Waals surface area contributed by atoms with Crippen LogP contribution < -0.4 is 19.9 Å². The normalized spacial score (nSPS) is 20.1. The summed E-state index contributed by atoms with van der Waals surface area (Å²) in [5.74, 6) is 2.94. The standard InChI is InChI=1S/C22H24N6O4/c1-13-23-11-18(32-13)15-6-5-14(9-17(15)30-4)25-21-24-10-16-19(26-21)28(3)22(7-8-31-12-22)20(29)27(16)2/h5-6,9-11H,7-8,12H2,1-4H3,(H,24,25,26). The van der Waals surface area contributed by atoms with E-state index in [4.69, 9.17) is 18.9 Å². The van der Waals surface area contributed by atoms with Crippen molar-refractivity contribution in [1.82, 2.24) is 15.0 Å². The summed E-state index contributed by atoms with van der Waals surface area (Å²) in [5, 5.41) is 3.23. The van der Waals surface area contributed by atoms with Crippen LogP contribution in [0.5, 0.6) is 5.75 Å². The minimum absolute atomic E-state index is 0.00251. The molecule has 2 aliphatic rings. The minimum Gasteiger partial charge on any atom is -0.496 e. The maximum atomic E-state index is 13.0. The predicted octanol–water partition coefficient (Wildman–Crippen LogP) is 2.76. The predicted molar refractivity (Wildman–Crippen MR) is 119 cm³/mol. The molecule has 1 unspecified atom stereocenters.